The van der Waals surface area contributed by atoms with E-state index in [9.17, 15) is 4.79 Å². The molecule has 2 aromatic carbocycles. The number of hydrogen-bond acceptors (Lipinski definition) is 6. The van der Waals surface area contributed by atoms with Crippen LogP contribution in [0.15, 0.2) is 54.9 Å². The number of carbonyl (C=O) groups is 1. The predicted octanol–water partition coefficient (Wildman–Crippen LogP) is 4.58. The van der Waals surface area contributed by atoms with Crippen molar-refractivity contribution in [2.75, 3.05) is 17.7 Å². The van der Waals surface area contributed by atoms with Crippen molar-refractivity contribution in [2.24, 2.45) is 0 Å². The highest BCUT2D eigenvalue weighted by Gasteiger charge is 2.13. The number of hydrogen-bond donors (Lipinski definition) is 2. The van der Waals surface area contributed by atoms with Crippen LogP contribution in [-0.4, -0.2) is 29.1 Å². The maximum atomic E-state index is 12.5. The lowest BCUT2D eigenvalue weighted by Crippen LogP contribution is -2.15. The second kappa shape index (κ2) is 9.05. The third kappa shape index (κ3) is 5.22. The van der Waals surface area contributed by atoms with Crippen molar-refractivity contribution in [3.8, 4) is 11.5 Å². The molecule has 0 bridgehead atoms. The number of nitrogens with one attached hydrogen (secondary N) is 2. The van der Waals surface area contributed by atoms with Crippen molar-refractivity contribution in [3.63, 3.8) is 0 Å². The summed E-state index contributed by atoms with van der Waals surface area (Å²) < 4.78 is 11.1. The Kier molecular flexibility index (Phi) is 6.29. The maximum absolute atomic E-state index is 12.5. The molecule has 0 radical (unpaired) electrons. The molecule has 0 saturated heterocycles. The van der Waals surface area contributed by atoms with E-state index in [0.717, 1.165) is 17.0 Å². The van der Waals surface area contributed by atoms with E-state index in [1.807, 2.05) is 57.2 Å². The van der Waals surface area contributed by atoms with Gasteiger partial charge in [-0.05, 0) is 50.6 Å². The Labute approximate surface area is 170 Å². The molecule has 0 aliphatic heterocycles. The van der Waals surface area contributed by atoms with Crippen molar-refractivity contribution in [3.05, 3.63) is 66.1 Å². The van der Waals surface area contributed by atoms with Gasteiger partial charge in [-0.15, -0.1) is 0 Å². The van der Waals surface area contributed by atoms with E-state index in [1.54, 1.807) is 13.2 Å². The molecule has 3 rings (SSSR count). The van der Waals surface area contributed by atoms with Gasteiger partial charge in [0.05, 0.1) is 37.0 Å². The molecule has 0 aliphatic rings. The van der Waals surface area contributed by atoms with E-state index in [-0.39, 0.29) is 17.7 Å². The van der Waals surface area contributed by atoms with Crippen LogP contribution in [0.5, 0.6) is 11.5 Å². The number of amides is 1. The summed E-state index contributed by atoms with van der Waals surface area (Å²) >= 11 is 0. The summed E-state index contributed by atoms with van der Waals surface area (Å²) in [5.74, 6) is 1.45. The number of anilines is 3. The van der Waals surface area contributed by atoms with Gasteiger partial charge in [0.25, 0.3) is 5.91 Å². The van der Waals surface area contributed by atoms with Crippen molar-refractivity contribution in [2.45, 2.75) is 26.9 Å². The van der Waals surface area contributed by atoms with E-state index >= 15 is 0 Å². The first-order chi connectivity index (χ1) is 14.0. The summed E-state index contributed by atoms with van der Waals surface area (Å²) in [7, 11) is 1.56. The van der Waals surface area contributed by atoms with Crippen molar-refractivity contribution in [1.82, 2.24) is 9.97 Å². The highest BCUT2D eigenvalue weighted by molar-refractivity contribution is 6.03. The van der Waals surface area contributed by atoms with Gasteiger partial charge < -0.3 is 20.1 Å². The molecular formula is C22H24N4O3. The Hall–Kier alpha value is -3.61. The second-order valence-electron chi connectivity index (χ2n) is 6.73. The van der Waals surface area contributed by atoms with Gasteiger partial charge in [-0.2, -0.15) is 0 Å². The van der Waals surface area contributed by atoms with Gasteiger partial charge in [-0.25, -0.2) is 9.97 Å². The topological polar surface area (TPSA) is 85.4 Å². The smallest absolute Gasteiger partial charge is 0.275 e. The van der Waals surface area contributed by atoms with E-state index < -0.39 is 0 Å². The number of ether oxygens (including phenoxy) is 2. The average molecular weight is 392 g/mol. The Morgan fingerprint density at radius 3 is 2.48 bits per heavy atom. The molecule has 1 amide bonds. The number of methoxy groups -OCH3 is 1. The first kappa shape index (κ1) is 20.1. The highest BCUT2D eigenvalue weighted by atomic mass is 16.5. The van der Waals surface area contributed by atoms with Crippen LogP contribution in [0.2, 0.25) is 0 Å². The minimum Gasteiger partial charge on any atom is -0.495 e. The summed E-state index contributed by atoms with van der Waals surface area (Å²) in [4.78, 5) is 21.0. The number of nitrogens with zero attached hydrogens (tertiary/aromatic N) is 2. The Balaban J connectivity index is 1.72. The molecule has 150 valence electrons. The van der Waals surface area contributed by atoms with Crippen LogP contribution in [-0.2, 0) is 0 Å². The molecular weight excluding hydrogens is 368 g/mol. The van der Waals surface area contributed by atoms with Crippen LogP contribution in [0.3, 0.4) is 0 Å². The highest BCUT2D eigenvalue weighted by Crippen LogP contribution is 2.28. The average Bonchev–Trinajstić information content (AvgIpc) is 2.70. The molecule has 29 heavy (non-hydrogen) atoms. The fourth-order valence-corrected chi connectivity index (χ4v) is 2.68. The molecule has 0 fully saturated rings. The molecule has 1 heterocycles. The number of rotatable bonds is 7. The molecule has 1 aromatic heterocycles. The van der Waals surface area contributed by atoms with Crippen LogP contribution in [0.25, 0.3) is 0 Å². The first-order valence-corrected chi connectivity index (χ1v) is 9.27. The standard InChI is InChI=1S/C22H24N4O3/c1-14(2)29-20-8-6-5-7-16(20)25-21-13-23-18(12-24-21)22(27)26-17-11-15(3)9-10-19(17)28-4/h5-14H,1-4H3,(H,24,25)(H,26,27). The van der Waals surface area contributed by atoms with Gasteiger partial charge in [0.2, 0.25) is 0 Å². The van der Waals surface area contributed by atoms with Crippen molar-refractivity contribution in [1.29, 1.82) is 0 Å². The molecule has 0 aliphatic carbocycles. The predicted molar refractivity (Wildman–Crippen MR) is 113 cm³/mol. The molecule has 0 atom stereocenters. The molecule has 0 spiro atoms. The Morgan fingerprint density at radius 1 is 1.00 bits per heavy atom. The number of benzene rings is 2. The normalized spacial score (nSPS) is 10.5. The van der Waals surface area contributed by atoms with Gasteiger partial charge >= 0.3 is 0 Å². The fourth-order valence-electron chi connectivity index (χ4n) is 2.68. The van der Waals surface area contributed by atoms with E-state index in [4.69, 9.17) is 9.47 Å². The van der Waals surface area contributed by atoms with Crippen LogP contribution in [0.4, 0.5) is 17.2 Å². The van der Waals surface area contributed by atoms with E-state index in [0.29, 0.717) is 17.3 Å². The zero-order chi connectivity index (χ0) is 20.8. The van der Waals surface area contributed by atoms with Crippen LogP contribution in [0.1, 0.15) is 29.9 Å². The van der Waals surface area contributed by atoms with Crippen LogP contribution in [0, 0.1) is 6.92 Å². The quantitative estimate of drug-likeness (QED) is 0.612. The summed E-state index contributed by atoms with van der Waals surface area (Å²) in [6, 6.07) is 13.1. The van der Waals surface area contributed by atoms with Gasteiger partial charge in [0.1, 0.15) is 23.0 Å². The summed E-state index contributed by atoms with van der Waals surface area (Å²) in [5, 5.41) is 5.98. The molecule has 2 N–H and O–H groups in total. The second-order valence-corrected chi connectivity index (χ2v) is 6.73. The van der Waals surface area contributed by atoms with Crippen LogP contribution >= 0.6 is 0 Å². The minimum absolute atomic E-state index is 0.0497. The number of carbonyl (C=O) groups excluding carboxylic acids is 1. The third-order valence-corrected chi connectivity index (χ3v) is 4.00. The van der Waals surface area contributed by atoms with Gasteiger partial charge in [0, 0.05) is 0 Å². The monoisotopic (exact) mass is 392 g/mol. The molecule has 3 aromatic rings. The SMILES string of the molecule is COc1ccc(C)cc1NC(=O)c1cnc(Nc2ccccc2OC(C)C)cn1. The summed E-state index contributed by atoms with van der Waals surface area (Å²) in [5.41, 5.74) is 2.57. The van der Waals surface area contributed by atoms with Crippen molar-refractivity contribution >= 4 is 23.1 Å². The van der Waals surface area contributed by atoms with E-state index in [2.05, 4.69) is 20.6 Å². The minimum atomic E-state index is -0.364. The number of aromatic nitrogens is 2. The maximum Gasteiger partial charge on any atom is 0.275 e. The molecule has 0 saturated carbocycles. The lowest BCUT2D eigenvalue weighted by Gasteiger charge is -2.15. The number of para-hydroxylation sites is 2. The molecule has 0 unspecified atom stereocenters. The third-order valence-electron chi connectivity index (χ3n) is 4.00. The van der Waals surface area contributed by atoms with E-state index in [1.165, 1.54) is 12.4 Å². The van der Waals surface area contributed by atoms with Gasteiger partial charge in [0.15, 0.2) is 0 Å². The zero-order valence-corrected chi connectivity index (χ0v) is 16.9. The summed E-state index contributed by atoms with van der Waals surface area (Å²) in [6.07, 6.45) is 2.98. The van der Waals surface area contributed by atoms with Gasteiger partial charge in [-0.1, -0.05) is 18.2 Å². The molecule has 7 nitrogen and oxygen atoms in total. The van der Waals surface area contributed by atoms with Crippen LogP contribution < -0.4 is 20.1 Å². The zero-order valence-electron chi connectivity index (χ0n) is 16.9. The fraction of sp³-hybridized carbons (Fsp3) is 0.227. The first-order valence-electron chi connectivity index (χ1n) is 9.27. The summed E-state index contributed by atoms with van der Waals surface area (Å²) in [6.45, 7) is 5.87. The van der Waals surface area contributed by atoms with Crippen molar-refractivity contribution < 1.29 is 14.3 Å². The number of aryl methyl sites for hydroxylation is 1. The lowest BCUT2D eigenvalue weighted by atomic mass is 10.2. The van der Waals surface area contributed by atoms with Gasteiger partial charge in [-0.3, -0.25) is 4.79 Å². The Bertz CT molecular complexity index is 988. The molecule has 7 heteroatoms. The lowest BCUT2D eigenvalue weighted by molar-refractivity contribution is 0.102. The Morgan fingerprint density at radius 2 is 1.79 bits per heavy atom. The largest absolute Gasteiger partial charge is 0.495 e.